The lowest BCUT2D eigenvalue weighted by Crippen LogP contribution is -1.86. The van der Waals surface area contributed by atoms with Gasteiger partial charge in [-0.15, -0.1) is 0 Å². The van der Waals surface area contributed by atoms with Gasteiger partial charge < -0.3 is 9.15 Å². The number of aryl methyl sites for hydroxylation is 2. The fraction of sp³-hybridized carbons (Fsp3) is 0.375. The lowest BCUT2D eigenvalue weighted by atomic mass is 10.0. The average molecular weight is 244 g/mol. The van der Waals surface area contributed by atoms with Gasteiger partial charge in [-0.2, -0.15) is 0 Å². The molecular formula is C16H20O2. The molecule has 2 aromatic rings. The highest BCUT2D eigenvalue weighted by atomic mass is 16.5. The van der Waals surface area contributed by atoms with E-state index in [-0.39, 0.29) is 0 Å². The van der Waals surface area contributed by atoms with E-state index in [1.165, 1.54) is 17.5 Å². The van der Waals surface area contributed by atoms with Gasteiger partial charge in [0.1, 0.15) is 17.3 Å². The van der Waals surface area contributed by atoms with E-state index in [1.54, 1.807) is 7.11 Å². The molecule has 0 amide bonds. The van der Waals surface area contributed by atoms with Gasteiger partial charge in [0.15, 0.2) is 0 Å². The van der Waals surface area contributed by atoms with Crippen LogP contribution in [0, 0.1) is 6.92 Å². The minimum atomic E-state index is 0.883. The van der Waals surface area contributed by atoms with Crippen molar-refractivity contribution in [1.82, 2.24) is 0 Å². The van der Waals surface area contributed by atoms with Gasteiger partial charge in [0.25, 0.3) is 0 Å². The molecule has 1 aromatic carbocycles. The molecule has 0 fully saturated rings. The first-order valence-electron chi connectivity index (χ1n) is 6.48. The number of hydrogen-bond donors (Lipinski definition) is 0. The van der Waals surface area contributed by atoms with Crippen LogP contribution in [0.15, 0.2) is 34.7 Å². The summed E-state index contributed by atoms with van der Waals surface area (Å²) >= 11 is 0. The molecule has 0 bridgehead atoms. The Balaban J connectivity index is 2.30. The molecular weight excluding hydrogens is 224 g/mol. The number of methoxy groups -OCH3 is 1. The largest absolute Gasteiger partial charge is 0.497 e. The van der Waals surface area contributed by atoms with E-state index in [9.17, 15) is 0 Å². The second-order valence-electron chi connectivity index (χ2n) is 4.53. The van der Waals surface area contributed by atoms with Crippen LogP contribution in [0.2, 0.25) is 0 Å². The van der Waals surface area contributed by atoms with Crippen molar-refractivity contribution < 1.29 is 9.15 Å². The Hall–Kier alpha value is -1.70. The highest BCUT2D eigenvalue weighted by Crippen LogP contribution is 2.29. The molecule has 2 nitrogen and oxygen atoms in total. The van der Waals surface area contributed by atoms with Gasteiger partial charge in [0, 0.05) is 12.0 Å². The number of benzene rings is 1. The number of unbranched alkanes of at least 4 members (excludes halogenated alkanes) is 1. The van der Waals surface area contributed by atoms with E-state index in [2.05, 4.69) is 25.1 Å². The first-order valence-corrected chi connectivity index (χ1v) is 6.48. The van der Waals surface area contributed by atoms with E-state index in [0.29, 0.717) is 0 Å². The molecule has 96 valence electrons. The van der Waals surface area contributed by atoms with Gasteiger partial charge >= 0.3 is 0 Å². The van der Waals surface area contributed by atoms with Gasteiger partial charge in [0.2, 0.25) is 0 Å². The molecule has 0 N–H and O–H groups in total. The molecule has 2 rings (SSSR count). The standard InChI is InChI=1S/C16H20O2/c1-4-5-6-16-15(11-12(2)18-16)13-7-9-14(17-3)10-8-13/h7-11H,4-6H2,1-3H3. The zero-order valence-corrected chi connectivity index (χ0v) is 11.3. The van der Waals surface area contributed by atoms with Crippen LogP contribution >= 0.6 is 0 Å². The molecule has 1 heterocycles. The van der Waals surface area contributed by atoms with Crippen LogP contribution in [-0.2, 0) is 6.42 Å². The molecule has 0 spiro atoms. The minimum absolute atomic E-state index is 0.883. The van der Waals surface area contributed by atoms with E-state index < -0.39 is 0 Å². The molecule has 0 aliphatic heterocycles. The molecule has 0 aliphatic carbocycles. The van der Waals surface area contributed by atoms with Crippen molar-refractivity contribution >= 4 is 0 Å². The fourth-order valence-corrected chi connectivity index (χ4v) is 2.10. The molecule has 1 aromatic heterocycles. The fourth-order valence-electron chi connectivity index (χ4n) is 2.10. The first kappa shape index (κ1) is 12.7. The molecule has 0 saturated carbocycles. The van der Waals surface area contributed by atoms with E-state index in [1.807, 2.05) is 19.1 Å². The summed E-state index contributed by atoms with van der Waals surface area (Å²) in [6.07, 6.45) is 3.35. The summed E-state index contributed by atoms with van der Waals surface area (Å²) in [7, 11) is 1.68. The Morgan fingerprint density at radius 2 is 1.89 bits per heavy atom. The van der Waals surface area contributed by atoms with Crippen LogP contribution < -0.4 is 4.74 Å². The third-order valence-corrected chi connectivity index (χ3v) is 3.09. The average Bonchev–Trinajstić information content (AvgIpc) is 2.77. The van der Waals surface area contributed by atoms with Crippen molar-refractivity contribution in [3.05, 3.63) is 41.9 Å². The van der Waals surface area contributed by atoms with Gasteiger partial charge in [-0.25, -0.2) is 0 Å². The van der Waals surface area contributed by atoms with Crippen molar-refractivity contribution in [2.45, 2.75) is 33.1 Å². The van der Waals surface area contributed by atoms with Crippen molar-refractivity contribution in [3.63, 3.8) is 0 Å². The summed E-state index contributed by atoms with van der Waals surface area (Å²) in [5.41, 5.74) is 2.40. The zero-order valence-electron chi connectivity index (χ0n) is 11.3. The summed E-state index contributed by atoms with van der Waals surface area (Å²) in [6, 6.07) is 10.3. The van der Waals surface area contributed by atoms with Crippen LogP contribution in [-0.4, -0.2) is 7.11 Å². The highest BCUT2D eigenvalue weighted by molar-refractivity contribution is 5.66. The Bertz CT molecular complexity index is 494. The van der Waals surface area contributed by atoms with Crippen LogP contribution in [0.5, 0.6) is 5.75 Å². The first-order chi connectivity index (χ1) is 8.74. The summed E-state index contributed by atoms with van der Waals surface area (Å²) < 4.78 is 11.0. The maximum Gasteiger partial charge on any atom is 0.118 e. The molecule has 0 atom stereocenters. The van der Waals surface area contributed by atoms with Crippen LogP contribution in [0.1, 0.15) is 31.3 Å². The van der Waals surface area contributed by atoms with Gasteiger partial charge in [-0.3, -0.25) is 0 Å². The third-order valence-electron chi connectivity index (χ3n) is 3.09. The molecule has 0 radical (unpaired) electrons. The predicted molar refractivity (Wildman–Crippen MR) is 74.0 cm³/mol. The van der Waals surface area contributed by atoms with E-state index >= 15 is 0 Å². The minimum Gasteiger partial charge on any atom is -0.497 e. The van der Waals surface area contributed by atoms with Crippen molar-refractivity contribution in [1.29, 1.82) is 0 Å². The lowest BCUT2D eigenvalue weighted by Gasteiger charge is -2.04. The van der Waals surface area contributed by atoms with Crippen molar-refractivity contribution in [2.75, 3.05) is 7.11 Å². The Morgan fingerprint density at radius 3 is 2.50 bits per heavy atom. The molecule has 2 heteroatoms. The number of hydrogen-bond acceptors (Lipinski definition) is 2. The Morgan fingerprint density at radius 1 is 1.17 bits per heavy atom. The van der Waals surface area contributed by atoms with Crippen LogP contribution in [0.4, 0.5) is 0 Å². The van der Waals surface area contributed by atoms with Crippen LogP contribution in [0.3, 0.4) is 0 Å². The maximum absolute atomic E-state index is 5.80. The van der Waals surface area contributed by atoms with E-state index in [4.69, 9.17) is 9.15 Å². The quantitative estimate of drug-likeness (QED) is 0.766. The van der Waals surface area contributed by atoms with E-state index in [0.717, 1.165) is 30.1 Å². The smallest absolute Gasteiger partial charge is 0.118 e. The SMILES string of the molecule is CCCCc1oc(C)cc1-c1ccc(OC)cc1. The monoisotopic (exact) mass is 244 g/mol. The molecule has 0 saturated heterocycles. The summed E-state index contributed by atoms with van der Waals surface area (Å²) in [5, 5.41) is 0. The number of ether oxygens (including phenoxy) is 1. The normalized spacial score (nSPS) is 10.6. The third kappa shape index (κ3) is 2.76. The maximum atomic E-state index is 5.80. The zero-order chi connectivity index (χ0) is 13.0. The van der Waals surface area contributed by atoms with Crippen molar-refractivity contribution in [2.24, 2.45) is 0 Å². The van der Waals surface area contributed by atoms with Gasteiger partial charge in [-0.1, -0.05) is 25.5 Å². The Kier molecular flexibility index (Phi) is 4.08. The van der Waals surface area contributed by atoms with Crippen molar-refractivity contribution in [3.8, 4) is 16.9 Å². The van der Waals surface area contributed by atoms with Gasteiger partial charge in [-0.05, 0) is 37.1 Å². The molecule has 18 heavy (non-hydrogen) atoms. The topological polar surface area (TPSA) is 22.4 Å². The van der Waals surface area contributed by atoms with Crippen LogP contribution in [0.25, 0.3) is 11.1 Å². The molecule has 0 aliphatic rings. The summed E-state index contributed by atoms with van der Waals surface area (Å²) in [6.45, 7) is 4.20. The second-order valence-corrected chi connectivity index (χ2v) is 4.53. The highest BCUT2D eigenvalue weighted by Gasteiger charge is 2.10. The molecule has 0 unspecified atom stereocenters. The predicted octanol–water partition coefficient (Wildman–Crippen LogP) is 4.61. The summed E-state index contributed by atoms with van der Waals surface area (Å²) in [5.74, 6) is 2.96. The number of rotatable bonds is 5. The summed E-state index contributed by atoms with van der Waals surface area (Å²) in [4.78, 5) is 0. The number of furan rings is 1. The lowest BCUT2D eigenvalue weighted by molar-refractivity contribution is 0.415. The van der Waals surface area contributed by atoms with Gasteiger partial charge in [0.05, 0.1) is 7.11 Å². The Labute approximate surface area is 109 Å². The second kappa shape index (κ2) is 5.76.